The topological polar surface area (TPSA) is 166 Å². The largest absolute Gasteiger partial charge is 0.462 e. The van der Waals surface area contributed by atoms with Gasteiger partial charge in [-0.05, 0) is 19.3 Å². The molecule has 1 saturated heterocycles. The molecule has 260 valence electrons. The summed E-state index contributed by atoms with van der Waals surface area (Å²) in [5, 5.41) is 52.9. The van der Waals surface area contributed by atoms with Gasteiger partial charge in [0.15, 0.2) is 0 Å². The summed E-state index contributed by atoms with van der Waals surface area (Å²) in [6.45, 7) is 3.73. The Kier molecular flexibility index (Phi) is 23.0. The first-order valence-corrected chi connectivity index (χ1v) is 17.7. The van der Waals surface area contributed by atoms with E-state index >= 15 is 0 Å². The third-order valence-corrected chi connectivity index (χ3v) is 8.68. The molecular formula is C34H65NO9. The fraction of sp³-hybridized carbons (Fsp3) is 0.941. The van der Waals surface area contributed by atoms with Gasteiger partial charge in [0.05, 0.1) is 13.0 Å². The molecule has 1 rings (SSSR count). The lowest BCUT2D eigenvalue weighted by Gasteiger charge is -2.46. The van der Waals surface area contributed by atoms with E-state index in [4.69, 9.17) is 9.47 Å². The van der Waals surface area contributed by atoms with Gasteiger partial charge >= 0.3 is 5.97 Å². The maximum absolute atomic E-state index is 12.9. The normalized spacial score (nSPS) is 24.2. The molecule has 1 heterocycles. The third kappa shape index (κ3) is 16.9. The molecule has 10 nitrogen and oxygen atoms in total. The van der Waals surface area contributed by atoms with Crippen LogP contribution in [0.1, 0.15) is 162 Å². The van der Waals surface area contributed by atoms with Gasteiger partial charge in [0.2, 0.25) is 17.9 Å². The van der Waals surface area contributed by atoms with Crippen LogP contribution in [0.15, 0.2) is 0 Å². The van der Waals surface area contributed by atoms with Crippen LogP contribution in [0.3, 0.4) is 0 Å². The van der Waals surface area contributed by atoms with E-state index in [9.17, 15) is 35.1 Å². The van der Waals surface area contributed by atoms with Crippen molar-refractivity contribution in [1.29, 1.82) is 0 Å². The molecule has 0 unspecified atom stereocenters. The fourth-order valence-corrected chi connectivity index (χ4v) is 5.79. The van der Waals surface area contributed by atoms with Crippen molar-refractivity contribution in [3.8, 4) is 0 Å². The first-order valence-electron chi connectivity index (χ1n) is 17.7. The third-order valence-electron chi connectivity index (χ3n) is 8.68. The quantitative estimate of drug-likeness (QED) is 0.0409. The predicted molar refractivity (Wildman–Crippen MR) is 170 cm³/mol. The average Bonchev–Trinajstić information content (AvgIpc) is 2.99. The second kappa shape index (κ2) is 24.9. The molecule has 6 atom stereocenters. The lowest BCUT2D eigenvalue weighted by molar-refractivity contribution is -0.336. The van der Waals surface area contributed by atoms with Gasteiger partial charge in [0.25, 0.3) is 0 Å². The molecule has 44 heavy (non-hydrogen) atoms. The Hall–Kier alpha value is -1.30. The summed E-state index contributed by atoms with van der Waals surface area (Å²) in [7, 11) is 0. The maximum atomic E-state index is 12.9. The van der Waals surface area contributed by atoms with E-state index in [1.54, 1.807) is 0 Å². The number of carbonyl (C=O) groups is 2. The van der Waals surface area contributed by atoms with Gasteiger partial charge in [-0.1, -0.05) is 129 Å². The number of esters is 1. The molecule has 0 radical (unpaired) electrons. The molecule has 0 aliphatic carbocycles. The van der Waals surface area contributed by atoms with Gasteiger partial charge in [-0.25, -0.2) is 0 Å². The van der Waals surface area contributed by atoms with Crippen molar-refractivity contribution in [3.63, 3.8) is 0 Å². The van der Waals surface area contributed by atoms with Crippen molar-refractivity contribution in [2.24, 2.45) is 0 Å². The number of nitrogens with one attached hydrogen (secondary N) is 1. The van der Waals surface area contributed by atoms with Crippen LogP contribution in [0.5, 0.6) is 0 Å². The number of amides is 1. The van der Waals surface area contributed by atoms with Crippen LogP contribution in [0.25, 0.3) is 0 Å². The van der Waals surface area contributed by atoms with Crippen LogP contribution in [0.2, 0.25) is 0 Å². The minimum Gasteiger partial charge on any atom is -0.462 e. The number of hydrogen-bond acceptors (Lipinski definition) is 9. The smallest absolute Gasteiger partial charge is 0.306 e. The van der Waals surface area contributed by atoms with Crippen molar-refractivity contribution in [1.82, 2.24) is 5.32 Å². The number of rotatable bonds is 27. The van der Waals surface area contributed by atoms with Gasteiger partial charge in [-0.3, -0.25) is 9.59 Å². The molecular weight excluding hydrogens is 566 g/mol. The second-order valence-electron chi connectivity index (χ2n) is 12.7. The Balaban J connectivity index is 2.52. The lowest BCUT2D eigenvalue weighted by Crippen LogP contribution is -2.73. The van der Waals surface area contributed by atoms with E-state index in [-0.39, 0.29) is 18.8 Å². The van der Waals surface area contributed by atoms with Crippen LogP contribution < -0.4 is 5.32 Å². The number of ether oxygens (including phenoxy) is 2. The van der Waals surface area contributed by atoms with Crippen LogP contribution in [-0.4, -0.2) is 80.4 Å². The zero-order valence-corrected chi connectivity index (χ0v) is 27.7. The summed E-state index contributed by atoms with van der Waals surface area (Å²) in [4.78, 5) is 25.6. The summed E-state index contributed by atoms with van der Waals surface area (Å²) < 4.78 is 10.7. The van der Waals surface area contributed by atoms with Crippen molar-refractivity contribution < 1.29 is 44.6 Å². The summed E-state index contributed by atoms with van der Waals surface area (Å²) in [6.07, 6.45) is 15.7. The molecule has 1 amide bonds. The Morgan fingerprint density at radius 2 is 1.20 bits per heavy atom. The maximum Gasteiger partial charge on any atom is 0.306 e. The summed E-state index contributed by atoms with van der Waals surface area (Å²) in [6, 6.07) is 0. The van der Waals surface area contributed by atoms with E-state index in [0.717, 1.165) is 44.9 Å². The van der Waals surface area contributed by atoms with Crippen molar-refractivity contribution in [2.45, 2.75) is 198 Å². The zero-order chi connectivity index (χ0) is 32.6. The number of unbranched alkanes of at least 4 members (excludes halogenated alkanes) is 18. The minimum absolute atomic E-state index is 0.275. The van der Waals surface area contributed by atoms with Crippen LogP contribution in [0.4, 0.5) is 0 Å². The summed E-state index contributed by atoms with van der Waals surface area (Å²) >= 11 is 0. The lowest BCUT2D eigenvalue weighted by atomic mass is 9.93. The highest BCUT2D eigenvalue weighted by atomic mass is 16.6. The van der Waals surface area contributed by atoms with E-state index in [1.165, 1.54) is 83.5 Å². The molecule has 6 N–H and O–H groups in total. The highest BCUT2D eigenvalue weighted by Gasteiger charge is 2.55. The molecule has 10 heteroatoms. The van der Waals surface area contributed by atoms with Crippen LogP contribution >= 0.6 is 0 Å². The Labute approximate surface area is 266 Å². The van der Waals surface area contributed by atoms with Gasteiger partial charge < -0.3 is 40.3 Å². The minimum atomic E-state index is -2.69. The fourth-order valence-electron chi connectivity index (χ4n) is 5.79. The molecule has 0 aromatic carbocycles. The zero-order valence-electron chi connectivity index (χ0n) is 27.7. The second-order valence-corrected chi connectivity index (χ2v) is 12.7. The number of carbonyl (C=O) groups excluding carboxylic acids is 2. The van der Waals surface area contributed by atoms with Crippen molar-refractivity contribution >= 4 is 11.9 Å². The van der Waals surface area contributed by atoms with Gasteiger partial charge in [0.1, 0.15) is 24.4 Å². The highest BCUT2D eigenvalue weighted by molar-refractivity contribution is 5.78. The summed E-state index contributed by atoms with van der Waals surface area (Å²) in [5.41, 5.74) is -2.69. The van der Waals surface area contributed by atoms with Gasteiger partial charge in [-0.15, -0.1) is 0 Å². The SMILES string of the molecule is CCCCCCCCCCCCCC(=O)O[C@H](CCCCCCCCCCC)CC(=O)N[C@]1(O)[C@H](O)O[C@H](CO)[C@@H](O)[C@@H]1O. The summed E-state index contributed by atoms with van der Waals surface area (Å²) in [5.74, 6) is -1.14. The average molecular weight is 632 g/mol. The molecule has 1 aliphatic heterocycles. The first-order chi connectivity index (χ1) is 21.2. The van der Waals surface area contributed by atoms with Crippen molar-refractivity contribution in [2.75, 3.05) is 6.61 Å². The monoisotopic (exact) mass is 631 g/mol. The van der Waals surface area contributed by atoms with E-state index in [0.29, 0.717) is 6.42 Å². The van der Waals surface area contributed by atoms with Gasteiger partial charge in [-0.2, -0.15) is 0 Å². The Morgan fingerprint density at radius 1 is 0.750 bits per heavy atom. The first kappa shape index (κ1) is 40.7. The highest BCUT2D eigenvalue weighted by Crippen LogP contribution is 2.27. The van der Waals surface area contributed by atoms with Crippen molar-refractivity contribution in [3.05, 3.63) is 0 Å². The molecule has 0 aromatic rings. The van der Waals surface area contributed by atoms with Gasteiger partial charge in [0, 0.05) is 6.42 Å². The van der Waals surface area contributed by atoms with E-state index in [2.05, 4.69) is 19.2 Å². The number of aliphatic hydroxyl groups excluding tert-OH is 4. The van der Waals surface area contributed by atoms with Crippen LogP contribution in [0, 0.1) is 0 Å². The van der Waals surface area contributed by atoms with E-state index in [1.807, 2.05) is 0 Å². The molecule has 0 bridgehead atoms. The molecule has 0 saturated carbocycles. The molecule has 0 aromatic heterocycles. The Bertz CT molecular complexity index is 740. The Morgan fingerprint density at radius 3 is 1.68 bits per heavy atom. The molecule has 0 spiro atoms. The number of aliphatic hydroxyl groups is 5. The molecule has 1 fully saturated rings. The van der Waals surface area contributed by atoms with E-state index < -0.39 is 48.9 Å². The standard InChI is InChI=1S/C34H65NO9/c1-3-5-7-9-11-13-14-16-18-20-22-24-30(38)43-27(23-21-19-17-15-12-10-8-6-4-2)25-29(37)35-34(42)32(40)31(39)28(26-36)44-33(34)41/h27-28,31-33,36,39-42H,3-26H2,1-2H3,(H,35,37)/t27-,28-,31-,32+,33-,34-/m1/s1. The van der Waals surface area contributed by atoms with Crippen LogP contribution in [-0.2, 0) is 19.1 Å². The number of hydrogen-bond donors (Lipinski definition) is 6. The molecule has 1 aliphatic rings. The predicted octanol–water partition coefficient (Wildman–Crippen LogP) is 5.15.